The predicted molar refractivity (Wildman–Crippen MR) is 133 cm³/mol. The number of H-pyrrole nitrogens is 1. The Morgan fingerprint density at radius 2 is 1.82 bits per heavy atom. The fourth-order valence-electron chi connectivity index (χ4n) is 4.38. The normalized spacial score (nSPS) is 15.4. The van der Waals surface area contributed by atoms with Crippen LogP contribution in [0.1, 0.15) is 29.8 Å². The summed E-state index contributed by atoms with van der Waals surface area (Å²) in [6, 6.07) is 19.2. The topological polar surface area (TPSA) is 54.6 Å². The number of rotatable bonds is 4. The van der Waals surface area contributed by atoms with Crippen LogP contribution in [0.4, 0.5) is 9.18 Å². The van der Waals surface area contributed by atoms with E-state index in [2.05, 4.69) is 45.8 Å². The maximum atomic E-state index is 13.3. The van der Waals surface area contributed by atoms with Gasteiger partial charge in [0, 0.05) is 26.7 Å². The molecule has 0 saturated carbocycles. The summed E-state index contributed by atoms with van der Waals surface area (Å²) >= 11 is 2.32. The summed E-state index contributed by atoms with van der Waals surface area (Å²) in [5, 5.41) is 1.18. The van der Waals surface area contributed by atoms with E-state index in [1.807, 2.05) is 31.2 Å². The molecule has 1 amide bonds. The molecule has 0 saturated heterocycles. The number of aromatic nitrogens is 1. The molecule has 5 nitrogen and oxygen atoms in total. The van der Waals surface area contributed by atoms with Crippen LogP contribution in [0, 0.1) is 9.39 Å². The van der Waals surface area contributed by atoms with Gasteiger partial charge in [0.25, 0.3) is 0 Å². The third kappa shape index (κ3) is 4.29. The van der Waals surface area contributed by atoms with Gasteiger partial charge < -0.3 is 14.5 Å². The van der Waals surface area contributed by atoms with Crippen molar-refractivity contribution in [2.75, 3.05) is 13.2 Å². The van der Waals surface area contributed by atoms with E-state index in [0.717, 1.165) is 26.1 Å². The highest BCUT2D eigenvalue weighted by molar-refractivity contribution is 14.1. The van der Waals surface area contributed by atoms with Gasteiger partial charge in [-0.25, -0.2) is 9.18 Å². The van der Waals surface area contributed by atoms with Gasteiger partial charge in [0.05, 0.1) is 6.61 Å². The smallest absolute Gasteiger partial charge is 0.416 e. The van der Waals surface area contributed by atoms with E-state index in [1.54, 1.807) is 4.90 Å². The van der Waals surface area contributed by atoms with Gasteiger partial charge >= 0.3 is 6.09 Å². The second kappa shape index (κ2) is 9.05. The van der Waals surface area contributed by atoms with Crippen LogP contribution in [0.25, 0.3) is 10.9 Å². The molecule has 1 atom stereocenters. The number of halogens is 2. The summed E-state index contributed by atoms with van der Waals surface area (Å²) < 4.78 is 25.7. The number of ether oxygens (including phenoxy) is 2. The third-order valence-corrected chi connectivity index (χ3v) is 6.52. The van der Waals surface area contributed by atoms with Crippen LogP contribution >= 0.6 is 22.6 Å². The minimum atomic E-state index is -0.473. The molecule has 3 aromatic carbocycles. The maximum absolute atomic E-state index is 13.3. The fraction of sp³-hybridized carbons (Fsp3) is 0.192. The second-order valence-corrected chi connectivity index (χ2v) is 9.12. The van der Waals surface area contributed by atoms with Crippen molar-refractivity contribution in [3.63, 3.8) is 0 Å². The lowest BCUT2D eigenvalue weighted by Gasteiger charge is -2.35. The molecule has 2 heterocycles. The van der Waals surface area contributed by atoms with E-state index >= 15 is 0 Å². The zero-order valence-corrected chi connectivity index (χ0v) is 20.1. The number of benzene rings is 3. The summed E-state index contributed by atoms with van der Waals surface area (Å²) in [6.07, 6.45) is 0.237. The molecular formula is C26H22FIN2O3. The van der Waals surface area contributed by atoms with E-state index in [4.69, 9.17) is 9.47 Å². The first-order valence-electron chi connectivity index (χ1n) is 10.8. The predicted octanol–water partition coefficient (Wildman–Crippen LogP) is 6.46. The molecule has 4 aromatic rings. The number of nitrogens with zero attached hydrogens (tertiary/aromatic N) is 1. The molecule has 0 radical (unpaired) electrons. The molecule has 1 aliphatic heterocycles. The van der Waals surface area contributed by atoms with Gasteiger partial charge in [-0.2, -0.15) is 0 Å². The highest BCUT2D eigenvalue weighted by Crippen LogP contribution is 2.39. The first-order valence-corrected chi connectivity index (χ1v) is 11.9. The number of hydrogen-bond donors (Lipinski definition) is 1. The number of fused-ring (bicyclic) bond motifs is 3. The zero-order valence-electron chi connectivity index (χ0n) is 18.0. The Labute approximate surface area is 204 Å². The Kier molecular flexibility index (Phi) is 5.97. The summed E-state index contributed by atoms with van der Waals surface area (Å²) in [5.74, 6) is 0.713. The van der Waals surface area contributed by atoms with E-state index in [-0.39, 0.29) is 11.9 Å². The summed E-state index contributed by atoms with van der Waals surface area (Å²) in [4.78, 5) is 18.5. The van der Waals surface area contributed by atoms with Crippen molar-refractivity contribution in [3.8, 4) is 11.5 Å². The van der Waals surface area contributed by atoms with E-state index < -0.39 is 6.09 Å². The van der Waals surface area contributed by atoms with Crippen LogP contribution in [0.5, 0.6) is 11.5 Å². The minimum absolute atomic E-state index is 0.309. The average Bonchev–Trinajstić information content (AvgIpc) is 3.18. The van der Waals surface area contributed by atoms with E-state index in [0.29, 0.717) is 25.3 Å². The van der Waals surface area contributed by atoms with Gasteiger partial charge in [-0.1, -0.05) is 12.1 Å². The van der Waals surface area contributed by atoms with Gasteiger partial charge in [0.2, 0.25) is 0 Å². The van der Waals surface area contributed by atoms with Crippen LogP contribution in [-0.4, -0.2) is 29.1 Å². The summed E-state index contributed by atoms with van der Waals surface area (Å²) in [6.45, 7) is 3.04. The summed E-state index contributed by atoms with van der Waals surface area (Å²) in [5.41, 5.74) is 4.20. The van der Waals surface area contributed by atoms with Crippen LogP contribution in [0.2, 0.25) is 0 Å². The van der Waals surface area contributed by atoms with Crippen LogP contribution < -0.4 is 9.47 Å². The Balaban J connectivity index is 1.56. The molecule has 0 bridgehead atoms. The standard InChI is InChI=1S/C26H22FIN2O3/c1-2-32-19-8-3-16(4-9-19)25-24-21(22-15-18(28)7-12-23(22)29-24)13-14-30(25)26(31)33-20-10-5-17(27)6-11-20/h3-12,15,25,29H,2,13-14H2,1H3. The van der Waals surface area contributed by atoms with Crippen molar-refractivity contribution in [1.82, 2.24) is 9.88 Å². The molecule has 0 spiro atoms. The van der Waals surface area contributed by atoms with Crippen LogP contribution in [0.15, 0.2) is 66.7 Å². The molecule has 7 heteroatoms. The monoisotopic (exact) mass is 556 g/mol. The molecule has 1 aromatic heterocycles. The lowest BCUT2D eigenvalue weighted by molar-refractivity contribution is 0.135. The highest BCUT2D eigenvalue weighted by atomic mass is 127. The Morgan fingerprint density at radius 3 is 2.55 bits per heavy atom. The Hall–Kier alpha value is -3.07. The zero-order chi connectivity index (χ0) is 22.9. The quantitative estimate of drug-likeness (QED) is 0.294. The minimum Gasteiger partial charge on any atom is -0.494 e. The fourth-order valence-corrected chi connectivity index (χ4v) is 4.87. The SMILES string of the molecule is CCOc1ccc(C2c3[nH]c4ccc(I)cc4c3CCN2C(=O)Oc2ccc(F)cc2)cc1. The number of nitrogens with one attached hydrogen (secondary N) is 1. The summed E-state index contributed by atoms with van der Waals surface area (Å²) in [7, 11) is 0. The second-order valence-electron chi connectivity index (χ2n) is 7.88. The number of hydrogen-bond acceptors (Lipinski definition) is 3. The number of carbonyl (C=O) groups excluding carboxylic acids is 1. The molecule has 5 rings (SSSR count). The molecule has 1 N–H and O–H groups in total. The van der Waals surface area contributed by atoms with Gasteiger partial charge in [0.1, 0.15) is 23.4 Å². The van der Waals surface area contributed by atoms with Crippen molar-refractivity contribution in [1.29, 1.82) is 0 Å². The molecule has 1 aliphatic rings. The molecule has 168 valence electrons. The van der Waals surface area contributed by atoms with Crippen molar-refractivity contribution in [2.24, 2.45) is 0 Å². The van der Waals surface area contributed by atoms with Crippen LogP contribution in [-0.2, 0) is 6.42 Å². The first kappa shape index (κ1) is 21.8. The van der Waals surface area contributed by atoms with Gasteiger partial charge in [-0.3, -0.25) is 4.90 Å². The number of amides is 1. The molecule has 33 heavy (non-hydrogen) atoms. The largest absolute Gasteiger partial charge is 0.494 e. The Morgan fingerprint density at radius 1 is 1.09 bits per heavy atom. The highest BCUT2D eigenvalue weighted by Gasteiger charge is 2.35. The van der Waals surface area contributed by atoms with Gasteiger partial charge in [-0.15, -0.1) is 0 Å². The molecular weight excluding hydrogens is 534 g/mol. The molecule has 0 aliphatic carbocycles. The van der Waals surface area contributed by atoms with Gasteiger partial charge in [-0.05, 0) is 102 Å². The molecule has 0 fully saturated rings. The first-order chi connectivity index (χ1) is 16.0. The number of carbonyl (C=O) groups is 1. The van der Waals surface area contributed by atoms with Crippen molar-refractivity contribution < 1.29 is 18.7 Å². The third-order valence-electron chi connectivity index (χ3n) is 5.85. The number of aromatic amines is 1. The maximum Gasteiger partial charge on any atom is 0.416 e. The van der Waals surface area contributed by atoms with E-state index in [9.17, 15) is 9.18 Å². The lowest BCUT2D eigenvalue weighted by Crippen LogP contribution is -2.42. The van der Waals surface area contributed by atoms with E-state index in [1.165, 1.54) is 35.2 Å². The van der Waals surface area contributed by atoms with Crippen molar-refractivity contribution in [2.45, 2.75) is 19.4 Å². The average molecular weight is 556 g/mol. The van der Waals surface area contributed by atoms with Crippen molar-refractivity contribution in [3.05, 3.63) is 92.9 Å². The molecule has 1 unspecified atom stereocenters. The lowest BCUT2D eigenvalue weighted by atomic mass is 9.92. The van der Waals surface area contributed by atoms with Gasteiger partial charge in [0.15, 0.2) is 0 Å². The van der Waals surface area contributed by atoms with Crippen LogP contribution in [0.3, 0.4) is 0 Å². The Bertz CT molecular complexity index is 1300. The van der Waals surface area contributed by atoms with Crippen molar-refractivity contribution >= 4 is 39.6 Å².